The first-order valence-electron chi connectivity index (χ1n) is 5.74. The molecule has 1 atom stereocenters. The van der Waals surface area contributed by atoms with Crippen molar-refractivity contribution in [2.75, 3.05) is 5.32 Å². The van der Waals surface area contributed by atoms with Gasteiger partial charge in [0.05, 0.1) is 21.5 Å². The average molecular weight is 283 g/mol. The van der Waals surface area contributed by atoms with Crippen LogP contribution in [0.25, 0.3) is 0 Å². The molecule has 0 spiro atoms. The Balaban J connectivity index is 3.55. The highest BCUT2D eigenvalue weighted by molar-refractivity contribution is 5.98. The summed E-state index contributed by atoms with van der Waals surface area (Å²) in [7, 11) is 0. The van der Waals surface area contributed by atoms with Crippen LogP contribution in [0.1, 0.15) is 30.6 Å². The number of carbonyl (C=O) groups is 1. The highest BCUT2D eigenvalue weighted by Gasteiger charge is 2.27. The number of rotatable bonds is 6. The number of hydrogen-bond acceptors (Lipinski definition) is 6. The highest BCUT2D eigenvalue weighted by Crippen LogP contribution is 2.34. The molecule has 1 unspecified atom stereocenters. The number of nitrogens with one attached hydrogen (secondary N) is 1. The summed E-state index contributed by atoms with van der Waals surface area (Å²) in [6.45, 7) is 3.53. The average Bonchev–Trinajstić information content (AvgIpc) is 2.37. The molecule has 9 heteroatoms. The molecule has 2 N–H and O–H groups in total. The topological polar surface area (TPSA) is 136 Å². The largest absolute Gasteiger partial charge is 0.478 e. The molecule has 1 rings (SSSR count). The van der Waals surface area contributed by atoms with E-state index < -0.39 is 32.8 Å². The molecule has 1 aromatic carbocycles. The fourth-order valence-corrected chi connectivity index (χ4v) is 1.53. The lowest BCUT2D eigenvalue weighted by Crippen LogP contribution is -2.18. The van der Waals surface area contributed by atoms with Gasteiger partial charge in [-0.3, -0.25) is 20.2 Å². The van der Waals surface area contributed by atoms with Gasteiger partial charge in [-0.25, -0.2) is 4.79 Å². The Kier molecular flexibility index (Phi) is 4.57. The number of non-ortho nitro benzene ring substituents is 1. The number of anilines is 1. The van der Waals surface area contributed by atoms with Crippen LogP contribution in [-0.4, -0.2) is 27.0 Å². The molecule has 0 fully saturated rings. The van der Waals surface area contributed by atoms with E-state index >= 15 is 0 Å². The van der Waals surface area contributed by atoms with Crippen molar-refractivity contribution in [2.45, 2.75) is 26.3 Å². The smallest absolute Gasteiger partial charge is 0.338 e. The first-order chi connectivity index (χ1) is 9.27. The van der Waals surface area contributed by atoms with Crippen LogP contribution in [-0.2, 0) is 0 Å². The Bertz CT molecular complexity index is 536. The Hall–Kier alpha value is -2.71. The number of benzene rings is 1. The molecule has 0 aliphatic heterocycles. The molecule has 9 nitrogen and oxygen atoms in total. The first-order valence-corrected chi connectivity index (χ1v) is 5.74. The van der Waals surface area contributed by atoms with Crippen LogP contribution in [0.4, 0.5) is 17.1 Å². The van der Waals surface area contributed by atoms with Crippen LogP contribution in [0.5, 0.6) is 0 Å². The standard InChI is InChI=1S/C11H13N3O6/c1-3-6(2)12-10-8(11(15)16)4-7(13(17)18)5-9(10)14(19)20/h4-6,12H,3H2,1-2H3,(H,15,16). The molecule has 0 aromatic heterocycles. The molecular formula is C11H13N3O6. The zero-order chi connectivity index (χ0) is 15.4. The van der Waals surface area contributed by atoms with Crippen LogP contribution in [0, 0.1) is 20.2 Å². The van der Waals surface area contributed by atoms with E-state index in [-0.39, 0.29) is 11.7 Å². The minimum Gasteiger partial charge on any atom is -0.478 e. The van der Waals surface area contributed by atoms with Crippen molar-refractivity contribution in [3.8, 4) is 0 Å². The minimum absolute atomic E-state index is 0.215. The normalized spacial score (nSPS) is 11.7. The lowest BCUT2D eigenvalue weighted by molar-refractivity contribution is -0.393. The summed E-state index contributed by atoms with van der Waals surface area (Å²) in [4.78, 5) is 31.1. The predicted molar refractivity (Wildman–Crippen MR) is 70.1 cm³/mol. The quantitative estimate of drug-likeness (QED) is 0.604. The van der Waals surface area contributed by atoms with Gasteiger partial charge >= 0.3 is 5.97 Å². The van der Waals surface area contributed by atoms with E-state index in [0.29, 0.717) is 6.42 Å². The van der Waals surface area contributed by atoms with E-state index in [1.54, 1.807) is 6.92 Å². The summed E-state index contributed by atoms with van der Waals surface area (Å²) in [5, 5.41) is 33.5. The van der Waals surface area contributed by atoms with Crippen molar-refractivity contribution in [1.82, 2.24) is 0 Å². The highest BCUT2D eigenvalue weighted by atomic mass is 16.6. The zero-order valence-electron chi connectivity index (χ0n) is 10.8. The number of carboxylic acid groups (broad SMARTS) is 1. The van der Waals surface area contributed by atoms with E-state index in [1.807, 2.05) is 6.92 Å². The van der Waals surface area contributed by atoms with Crippen LogP contribution in [0.2, 0.25) is 0 Å². The lowest BCUT2D eigenvalue weighted by atomic mass is 10.1. The van der Waals surface area contributed by atoms with E-state index in [9.17, 15) is 25.0 Å². The van der Waals surface area contributed by atoms with Crippen LogP contribution < -0.4 is 5.32 Å². The maximum atomic E-state index is 11.2. The van der Waals surface area contributed by atoms with Gasteiger partial charge in [0.2, 0.25) is 0 Å². The fourth-order valence-electron chi connectivity index (χ4n) is 1.53. The van der Waals surface area contributed by atoms with Crippen molar-refractivity contribution in [3.63, 3.8) is 0 Å². The van der Waals surface area contributed by atoms with Gasteiger partial charge in [0, 0.05) is 12.1 Å². The molecular weight excluding hydrogens is 270 g/mol. The molecule has 0 aliphatic carbocycles. The second-order valence-corrected chi connectivity index (χ2v) is 4.16. The number of nitrogens with zero attached hydrogens (tertiary/aromatic N) is 2. The van der Waals surface area contributed by atoms with E-state index in [4.69, 9.17) is 5.11 Å². The molecule has 0 amide bonds. The van der Waals surface area contributed by atoms with Gasteiger partial charge in [-0.1, -0.05) is 6.92 Å². The molecule has 0 radical (unpaired) electrons. The monoisotopic (exact) mass is 283 g/mol. The summed E-state index contributed by atoms with van der Waals surface area (Å²) in [6.07, 6.45) is 0.604. The first kappa shape index (κ1) is 15.3. The second-order valence-electron chi connectivity index (χ2n) is 4.16. The summed E-state index contributed by atoms with van der Waals surface area (Å²) in [5.74, 6) is -1.47. The molecule has 0 heterocycles. The Labute approximate surface area is 113 Å². The second kappa shape index (κ2) is 5.95. The van der Waals surface area contributed by atoms with Gasteiger partial charge < -0.3 is 10.4 Å². The third-order valence-corrected chi connectivity index (χ3v) is 2.74. The predicted octanol–water partition coefficient (Wildman–Crippen LogP) is 2.41. The number of carboxylic acids is 1. The lowest BCUT2D eigenvalue weighted by Gasteiger charge is -2.15. The van der Waals surface area contributed by atoms with Crippen molar-refractivity contribution in [3.05, 3.63) is 37.9 Å². The summed E-state index contributed by atoms with van der Waals surface area (Å²) in [5.41, 5.74) is -1.98. The molecule has 108 valence electrons. The molecule has 1 aromatic rings. The van der Waals surface area contributed by atoms with Crippen LogP contribution in [0.3, 0.4) is 0 Å². The van der Waals surface area contributed by atoms with Gasteiger partial charge in [0.1, 0.15) is 5.69 Å². The molecule has 0 saturated heterocycles. The number of aromatic carboxylic acids is 1. The number of hydrogen-bond donors (Lipinski definition) is 2. The van der Waals surface area contributed by atoms with E-state index in [1.165, 1.54) is 0 Å². The van der Waals surface area contributed by atoms with Crippen LogP contribution in [0.15, 0.2) is 12.1 Å². The number of nitro benzene ring substituents is 2. The maximum absolute atomic E-state index is 11.2. The van der Waals surface area contributed by atoms with E-state index in [2.05, 4.69) is 5.32 Å². The summed E-state index contributed by atoms with van der Waals surface area (Å²) >= 11 is 0. The molecule has 0 aliphatic rings. The minimum atomic E-state index is -1.47. The Morgan fingerprint density at radius 1 is 1.35 bits per heavy atom. The summed E-state index contributed by atoms with van der Waals surface area (Å²) in [6, 6.07) is 1.34. The summed E-state index contributed by atoms with van der Waals surface area (Å²) < 4.78 is 0. The van der Waals surface area contributed by atoms with Gasteiger partial charge in [-0.2, -0.15) is 0 Å². The Morgan fingerprint density at radius 3 is 2.35 bits per heavy atom. The van der Waals surface area contributed by atoms with E-state index in [0.717, 1.165) is 12.1 Å². The zero-order valence-corrected chi connectivity index (χ0v) is 10.8. The van der Waals surface area contributed by atoms with Gasteiger partial charge in [0.25, 0.3) is 11.4 Å². The van der Waals surface area contributed by atoms with Crippen molar-refractivity contribution >= 4 is 23.0 Å². The molecule has 0 saturated carbocycles. The van der Waals surface area contributed by atoms with Gasteiger partial charge in [-0.15, -0.1) is 0 Å². The Morgan fingerprint density at radius 2 is 1.95 bits per heavy atom. The SMILES string of the molecule is CCC(C)Nc1c(C(=O)O)cc([N+](=O)[O-])cc1[N+](=O)[O-]. The van der Waals surface area contributed by atoms with Crippen molar-refractivity contribution < 1.29 is 19.7 Å². The third kappa shape index (κ3) is 3.19. The van der Waals surface area contributed by atoms with Gasteiger partial charge in [-0.05, 0) is 13.3 Å². The fraction of sp³-hybridized carbons (Fsp3) is 0.364. The van der Waals surface area contributed by atoms with Gasteiger partial charge in [0.15, 0.2) is 0 Å². The van der Waals surface area contributed by atoms with Crippen LogP contribution >= 0.6 is 0 Å². The van der Waals surface area contributed by atoms with Crippen molar-refractivity contribution in [2.24, 2.45) is 0 Å². The number of nitro groups is 2. The third-order valence-electron chi connectivity index (χ3n) is 2.74. The van der Waals surface area contributed by atoms with Crippen molar-refractivity contribution in [1.29, 1.82) is 0 Å². The maximum Gasteiger partial charge on any atom is 0.338 e. The molecule has 0 bridgehead atoms. The molecule has 20 heavy (non-hydrogen) atoms.